The molecule has 0 aromatic rings. The molecule has 4 aliphatic rings. The lowest BCUT2D eigenvalue weighted by Crippen LogP contribution is -2.50. The van der Waals surface area contributed by atoms with Crippen molar-refractivity contribution in [2.24, 2.45) is 34.5 Å². The summed E-state index contributed by atoms with van der Waals surface area (Å²) in [6, 6.07) is 2.54. The lowest BCUT2D eigenvalue weighted by Gasteiger charge is -2.57. The van der Waals surface area contributed by atoms with Crippen LogP contribution in [0, 0.1) is 45.8 Å². The van der Waals surface area contributed by atoms with Crippen LogP contribution in [0.2, 0.25) is 0 Å². The average Bonchev–Trinajstić information content (AvgIpc) is 2.87. The van der Waals surface area contributed by atoms with Crippen molar-refractivity contribution < 1.29 is 4.79 Å². The molecule has 4 aliphatic carbocycles. The molecule has 0 saturated heterocycles. The summed E-state index contributed by atoms with van der Waals surface area (Å²) in [4.78, 5) is 11.9. The minimum absolute atomic E-state index is 0.0568. The fraction of sp³-hybridized carbons (Fsp3) is 0.636. The summed E-state index contributed by atoms with van der Waals surface area (Å²) in [6.07, 6.45) is 11.2. The van der Waals surface area contributed by atoms with Crippen molar-refractivity contribution in [3.63, 3.8) is 0 Å². The van der Waals surface area contributed by atoms with Crippen LogP contribution in [-0.4, -0.2) is 5.78 Å². The Morgan fingerprint density at radius 2 is 2.08 bits per heavy atom. The molecule has 4 rings (SSSR count). The lowest BCUT2D eigenvalue weighted by atomic mass is 9.46. The molecule has 0 aliphatic heterocycles. The van der Waals surface area contributed by atoms with Gasteiger partial charge in [-0.3, -0.25) is 4.79 Å². The van der Waals surface area contributed by atoms with Gasteiger partial charge in [0.2, 0.25) is 0 Å². The number of nitrogens with zero attached hydrogens (tertiary/aromatic N) is 1. The van der Waals surface area contributed by atoms with E-state index in [1.54, 1.807) is 0 Å². The third-order valence-corrected chi connectivity index (χ3v) is 8.07. The number of hydrogen-bond acceptors (Lipinski definition) is 2. The number of fused-ring (bicyclic) bond motifs is 5. The maximum Gasteiger partial charge on any atom is 0.155 e. The molecule has 0 bridgehead atoms. The van der Waals surface area contributed by atoms with Crippen LogP contribution in [0.25, 0.3) is 0 Å². The number of carbonyl (C=O) groups is 1. The van der Waals surface area contributed by atoms with Crippen molar-refractivity contribution in [3.8, 4) is 6.07 Å². The van der Waals surface area contributed by atoms with Gasteiger partial charge in [0.25, 0.3) is 0 Å². The second-order valence-corrected chi connectivity index (χ2v) is 8.75. The standard InChI is InChI=1S/C22H27NO/c1-4-22-10-8-18-17(19(22)11-14(2)20(22)13-23)6-5-15-12-16(24)7-9-21(15,18)3/h4,12,17-20H,1-2,5-11H2,3H3/t17-,18+,19+,20+,21+,22+/m1/s1. The SMILES string of the molecule is C=C[C@]12CC[C@H]3[C@@H](CCC4=CC(=O)CC[C@@]43C)[C@@H]1CC(=C)[C@@H]2C#N. The van der Waals surface area contributed by atoms with Crippen LogP contribution >= 0.6 is 0 Å². The maximum atomic E-state index is 11.9. The highest BCUT2D eigenvalue weighted by molar-refractivity contribution is 5.91. The van der Waals surface area contributed by atoms with Gasteiger partial charge in [0.15, 0.2) is 5.78 Å². The molecule has 3 saturated carbocycles. The molecule has 0 unspecified atom stereocenters. The summed E-state index contributed by atoms with van der Waals surface area (Å²) in [6.45, 7) is 10.8. The fourth-order valence-electron chi connectivity index (χ4n) is 6.82. The smallest absolute Gasteiger partial charge is 0.155 e. The van der Waals surface area contributed by atoms with Crippen molar-refractivity contribution in [1.29, 1.82) is 5.26 Å². The molecule has 0 aromatic carbocycles. The number of nitriles is 1. The highest BCUT2D eigenvalue weighted by Gasteiger charge is 2.60. The van der Waals surface area contributed by atoms with Gasteiger partial charge in [-0.1, -0.05) is 30.7 Å². The van der Waals surface area contributed by atoms with Crippen molar-refractivity contribution >= 4 is 5.78 Å². The number of ketones is 1. The molecule has 2 nitrogen and oxygen atoms in total. The average molecular weight is 321 g/mol. The molecule has 0 heterocycles. The van der Waals surface area contributed by atoms with Gasteiger partial charge in [-0.05, 0) is 67.8 Å². The molecular formula is C22H27NO. The molecular weight excluding hydrogens is 294 g/mol. The Kier molecular flexibility index (Phi) is 3.43. The molecule has 0 amide bonds. The molecule has 2 heteroatoms. The largest absolute Gasteiger partial charge is 0.295 e. The highest BCUT2D eigenvalue weighted by Crippen LogP contribution is 2.67. The van der Waals surface area contributed by atoms with E-state index in [4.69, 9.17) is 0 Å². The minimum Gasteiger partial charge on any atom is -0.295 e. The molecule has 6 atom stereocenters. The molecule has 126 valence electrons. The molecule has 0 spiro atoms. The zero-order valence-corrected chi connectivity index (χ0v) is 14.7. The first-order valence-corrected chi connectivity index (χ1v) is 9.41. The van der Waals surface area contributed by atoms with Gasteiger partial charge in [0, 0.05) is 11.8 Å². The maximum absolute atomic E-state index is 11.9. The van der Waals surface area contributed by atoms with Gasteiger partial charge in [0.1, 0.15) is 0 Å². The quantitative estimate of drug-likeness (QED) is 0.638. The molecule has 0 aromatic heterocycles. The summed E-state index contributed by atoms with van der Waals surface area (Å²) in [5.41, 5.74) is 2.65. The summed E-state index contributed by atoms with van der Waals surface area (Å²) in [7, 11) is 0. The predicted molar refractivity (Wildman–Crippen MR) is 94.9 cm³/mol. The summed E-state index contributed by atoms with van der Waals surface area (Å²) in [5.74, 6) is 2.06. The molecule has 0 N–H and O–H groups in total. The van der Waals surface area contributed by atoms with Gasteiger partial charge in [0.05, 0.1) is 12.0 Å². The second kappa shape index (κ2) is 5.19. The Bertz CT molecular complexity index is 695. The van der Waals surface area contributed by atoms with Crippen LogP contribution in [0.15, 0.2) is 36.5 Å². The number of rotatable bonds is 1. The van der Waals surface area contributed by atoms with E-state index < -0.39 is 0 Å². The van der Waals surface area contributed by atoms with E-state index in [9.17, 15) is 10.1 Å². The van der Waals surface area contributed by atoms with E-state index in [1.807, 2.05) is 6.08 Å². The predicted octanol–water partition coefficient (Wildman–Crippen LogP) is 4.99. The highest BCUT2D eigenvalue weighted by atomic mass is 16.1. The number of allylic oxidation sites excluding steroid dienone is 3. The van der Waals surface area contributed by atoms with Crippen molar-refractivity contribution in [1.82, 2.24) is 0 Å². The topological polar surface area (TPSA) is 40.9 Å². The Morgan fingerprint density at radius 3 is 2.79 bits per heavy atom. The Labute approximate surface area is 145 Å². The van der Waals surface area contributed by atoms with Crippen molar-refractivity contribution in [2.45, 2.75) is 51.9 Å². The van der Waals surface area contributed by atoms with Crippen LogP contribution in [-0.2, 0) is 4.79 Å². The van der Waals surface area contributed by atoms with Gasteiger partial charge in [-0.15, -0.1) is 6.58 Å². The van der Waals surface area contributed by atoms with Crippen LogP contribution in [0.1, 0.15) is 51.9 Å². The van der Waals surface area contributed by atoms with Crippen LogP contribution in [0.3, 0.4) is 0 Å². The van der Waals surface area contributed by atoms with E-state index in [0.717, 1.165) is 44.1 Å². The van der Waals surface area contributed by atoms with Gasteiger partial charge < -0.3 is 0 Å². The third kappa shape index (κ3) is 1.85. The minimum atomic E-state index is -0.0605. The molecule has 3 fully saturated rings. The molecule has 0 radical (unpaired) electrons. The Balaban J connectivity index is 1.74. The van der Waals surface area contributed by atoms with E-state index in [-0.39, 0.29) is 16.7 Å². The zero-order chi connectivity index (χ0) is 17.1. The van der Waals surface area contributed by atoms with Gasteiger partial charge in [-0.25, -0.2) is 0 Å². The molecule has 24 heavy (non-hydrogen) atoms. The number of carbonyl (C=O) groups excluding carboxylic acids is 1. The first kappa shape index (κ1) is 15.9. The second-order valence-electron chi connectivity index (χ2n) is 8.75. The van der Waals surface area contributed by atoms with Crippen LogP contribution in [0.4, 0.5) is 0 Å². The van der Waals surface area contributed by atoms with Gasteiger partial charge in [-0.2, -0.15) is 5.26 Å². The number of hydrogen-bond donors (Lipinski definition) is 0. The first-order chi connectivity index (χ1) is 11.5. The van der Waals surface area contributed by atoms with Crippen LogP contribution < -0.4 is 0 Å². The van der Waals surface area contributed by atoms with E-state index in [2.05, 4.69) is 32.2 Å². The van der Waals surface area contributed by atoms with E-state index in [0.29, 0.717) is 30.0 Å². The fourth-order valence-corrected chi connectivity index (χ4v) is 6.82. The Hall–Kier alpha value is -1.62. The first-order valence-electron chi connectivity index (χ1n) is 9.41. The van der Waals surface area contributed by atoms with E-state index >= 15 is 0 Å². The Morgan fingerprint density at radius 1 is 1.29 bits per heavy atom. The van der Waals surface area contributed by atoms with Gasteiger partial charge >= 0.3 is 0 Å². The third-order valence-electron chi connectivity index (χ3n) is 8.07. The zero-order valence-electron chi connectivity index (χ0n) is 14.7. The van der Waals surface area contributed by atoms with Crippen LogP contribution in [0.5, 0.6) is 0 Å². The summed E-state index contributed by atoms with van der Waals surface area (Å²) >= 11 is 0. The lowest BCUT2D eigenvalue weighted by molar-refractivity contribution is -0.117. The summed E-state index contributed by atoms with van der Waals surface area (Å²) < 4.78 is 0. The summed E-state index contributed by atoms with van der Waals surface area (Å²) in [5, 5.41) is 9.73. The van der Waals surface area contributed by atoms with Crippen molar-refractivity contribution in [3.05, 3.63) is 36.5 Å². The normalized spacial score (nSPS) is 47.1. The van der Waals surface area contributed by atoms with E-state index in [1.165, 1.54) is 5.57 Å². The van der Waals surface area contributed by atoms with Crippen molar-refractivity contribution in [2.75, 3.05) is 0 Å². The monoisotopic (exact) mass is 321 g/mol.